The van der Waals surface area contributed by atoms with Crippen LogP contribution in [0.4, 0.5) is 5.69 Å². The van der Waals surface area contributed by atoms with Crippen molar-refractivity contribution in [2.45, 2.75) is 0 Å². The molecule has 2 aromatic heterocycles. The molecule has 0 bridgehead atoms. The van der Waals surface area contributed by atoms with Crippen LogP contribution in [0, 0.1) is 0 Å². The maximum absolute atomic E-state index is 12.5. The van der Waals surface area contributed by atoms with Crippen LogP contribution >= 0.6 is 11.6 Å². The summed E-state index contributed by atoms with van der Waals surface area (Å²) < 4.78 is 10.8. The van der Waals surface area contributed by atoms with E-state index < -0.39 is 0 Å². The summed E-state index contributed by atoms with van der Waals surface area (Å²) in [7, 11) is 3.12. The highest BCUT2D eigenvalue weighted by atomic mass is 35.5. The molecule has 0 saturated carbocycles. The van der Waals surface area contributed by atoms with Crippen molar-refractivity contribution in [3.05, 3.63) is 65.6 Å². The summed E-state index contributed by atoms with van der Waals surface area (Å²) >= 11 is 5.84. The molecule has 6 nitrogen and oxygen atoms in total. The molecule has 132 valence electrons. The van der Waals surface area contributed by atoms with Gasteiger partial charge in [-0.3, -0.25) is 9.78 Å². The zero-order valence-corrected chi connectivity index (χ0v) is 14.9. The Morgan fingerprint density at radius 3 is 2.54 bits per heavy atom. The largest absolute Gasteiger partial charge is 0.496 e. The number of ether oxygens (including phenoxy) is 2. The molecule has 0 aliphatic heterocycles. The van der Waals surface area contributed by atoms with Crippen LogP contribution in [0.25, 0.3) is 11.3 Å². The lowest BCUT2D eigenvalue weighted by Gasteiger charge is -2.13. The Labute approximate surface area is 155 Å². The van der Waals surface area contributed by atoms with E-state index in [0.717, 1.165) is 5.56 Å². The molecule has 1 aromatic carbocycles. The number of aromatic nitrogens is 2. The molecule has 0 fully saturated rings. The Morgan fingerprint density at radius 2 is 1.81 bits per heavy atom. The second-order valence-electron chi connectivity index (χ2n) is 5.29. The summed E-state index contributed by atoms with van der Waals surface area (Å²) in [5.74, 6) is 0.849. The van der Waals surface area contributed by atoms with E-state index in [9.17, 15) is 4.79 Å². The molecule has 3 aromatic rings. The minimum absolute atomic E-state index is 0.287. The van der Waals surface area contributed by atoms with Gasteiger partial charge in [0, 0.05) is 29.2 Å². The van der Waals surface area contributed by atoms with Crippen molar-refractivity contribution in [2.75, 3.05) is 19.5 Å². The third-order valence-electron chi connectivity index (χ3n) is 3.69. The number of carbonyl (C=O) groups is 1. The minimum atomic E-state index is -0.287. The predicted molar refractivity (Wildman–Crippen MR) is 100.0 cm³/mol. The molecule has 0 unspecified atom stereocenters. The SMILES string of the molecule is COc1cc(C(=O)Nc2ccnc(Cl)c2)ccc1-c1ncccc1OC. The summed E-state index contributed by atoms with van der Waals surface area (Å²) in [6.45, 7) is 0. The number of methoxy groups -OCH3 is 2. The first-order chi connectivity index (χ1) is 12.6. The second kappa shape index (κ2) is 7.84. The van der Waals surface area contributed by atoms with Gasteiger partial charge < -0.3 is 14.8 Å². The topological polar surface area (TPSA) is 73.3 Å². The summed E-state index contributed by atoms with van der Waals surface area (Å²) in [6.07, 6.45) is 3.19. The minimum Gasteiger partial charge on any atom is -0.496 e. The predicted octanol–water partition coefficient (Wildman–Crippen LogP) is 4.07. The molecule has 26 heavy (non-hydrogen) atoms. The number of carbonyl (C=O) groups excluding carboxylic acids is 1. The first-order valence-corrected chi connectivity index (χ1v) is 8.10. The average Bonchev–Trinajstić information content (AvgIpc) is 2.67. The maximum Gasteiger partial charge on any atom is 0.255 e. The van der Waals surface area contributed by atoms with Crippen molar-refractivity contribution in [3.63, 3.8) is 0 Å². The Balaban J connectivity index is 1.92. The van der Waals surface area contributed by atoms with Crippen molar-refractivity contribution >= 4 is 23.2 Å². The van der Waals surface area contributed by atoms with Crippen LogP contribution in [0.2, 0.25) is 5.15 Å². The number of benzene rings is 1. The Hall–Kier alpha value is -3.12. The molecule has 1 amide bonds. The number of anilines is 1. The lowest BCUT2D eigenvalue weighted by molar-refractivity contribution is 0.102. The van der Waals surface area contributed by atoms with Crippen LogP contribution in [0.15, 0.2) is 54.9 Å². The van der Waals surface area contributed by atoms with Crippen molar-refractivity contribution < 1.29 is 14.3 Å². The van der Waals surface area contributed by atoms with Gasteiger partial charge in [-0.25, -0.2) is 4.98 Å². The van der Waals surface area contributed by atoms with Crippen molar-refractivity contribution in [1.82, 2.24) is 9.97 Å². The van der Waals surface area contributed by atoms with Gasteiger partial charge in [0.05, 0.1) is 14.2 Å². The van der Waals surface area contributed by atoms with Crippen LogP contribution in [-0.2, 0) is 0 Å². The first kappa shape index (κ1) is 17.7. The summed E-state index contributed by atoms with van der Waals surface area (Å²) in [6, 6.07) is 12.0. The van der Waals surface area contributed by atoms with E-state index in [4.69, 9.17) is 21.1 Å². The molecule has 3 rings (SSSR count). The van der Waals surface area contributed by atoms with Gasteiger partial charge in [-0.1, -0.05) is 11.6 Å². The molecule has 0 atom stereocenters. The number of hydrogen-bond donors (Lipinski definition) is 1. The lowest BCUT2D eigenvalue weighted by atomic mass is 10.1. The number of pyridine rings is 2. The highest BCUT2D eigenvalue weighted by Crippen LogP contribution is 2.35. The molecule has 7 heteroatoms. The van der Waals surface area contributed by atoms with Gasteiger partial charge in [0.2, 0.25) is 0 Å². The number of amides is 1. The molecule has 0 saturated heterocycles. The van der Waals surface area contributed by atoms with Crippen molar-refractivity contribution in [2.24, 2.45) is 0 Å². The van der Waals surface area contributed by atoms with Gasteiger partial charge in [0.1, 0.15) is 22.3 Å². The molecular weight excluding hydrogens is 354 g/mol. The third kappa shape index (κ3) is 3.75. The molecule has 0 aliphatic carbocycles. The zero-order valence-electron chi connectivity index (χ0n) is 14.2. The van der Waals surface area contributed by atoms with E-state index in [0.29, 0.717) is 33.6 Å². The van der Waals surface area contributed by atoms with Gasteiger partial charge in [-0.2, -0.15) is 0 Å². The number of hydrogen-bond acceptors (Lipinski definition) is 5. The Bertz CT molecular complexity index is 947. The van der Waals surface area contributed by atoms with Crippen LogP contribution in [0.3, 0.4) is 0 Å². The van der Waals surface area contributed by atoms with E-state index in [1.807, 2.05) is 6.07 Å². The van der Waals surface area contributed by atoms with Crippen LogP contribution in [0.5, 0.6) is 11.5 Å². The van der Waals surface area contributed by atoms with E-state index in [1.165, 1.54) is 6.20 Å². The van der Waals surface area contributed by atoms with E-state index in [2.05, 4.69) is 15.3 Å². The maximum atomic E-state index is 12.5. The number of halogens is 1. The number of rotatable bonds is 5. The second-order valence-corrected chi connectivity index (χ2v) is 5.68. The number of nitrogens with zero attached hydrogens (tertiary/aromatic N) is 2. The first-order valence-electron chi connectivity index (χ1n) is 7.72. The molecule has 0 spiro atoms. The lowest BCUT2D eigenvalue weighted by Crippen LogP contribution is -2.12. The smallest absolute Gasteiger partial charge is 0.255 e. The molecule has 0 radical (unpaired) electrons. The van der Waals surface area contributed by atoms with E-state index in [-0.39, 0.29) is 5.91 Å². The fourth-order valence-corrected chi connectivity index (χ4v) is 2.64. The van der Waals surface area contributed by atoms with Crippen LogP contribution in [0.1, 0.15) is 10.4 Å². The molecule has 1 N–H and O–H groups in total. The van der Waals surface area contributed by atoms with E-state index >= 15 is 0 Å². The van der Waals surface area contributed by atoms with Gasteiger partial charge >= 0.3 is 0 Å². The van der Waals surface area contributed by atoms with Gasteiger partial charge in [0.25, 0.3) is 5.91 Å². The van der Waals surface area contributed by atoms with Crippen LogP contribution in [-0.4, -0.2) is 30.1 Å². The highest BCUT2D eigenvalue weighted by Gasteiger charge is 2.15. The summed E-state index contributed by atoms with van der Waals surface area (Å²) in [4.78, 5) is 20.7. The fraction of sp³-hybridized carbons (Fsp3) is 0.105. The summed E-state index contributed by atoms with van der Waals surface area (Å²) in [5, 5.41) is 3.08. The monoisotopic (exact) mass is 369 g/mol. The van der Waals surface area contributed by atoms with Gasteiger partial charge in [-0.05, 0) is 42.5 Å². The standard InChI is InChI=1S/C19H16ClN3O3/c1-25-15-4-3-8-22-18(15)14-6-5-12(10-16(14)26-2)19(24)23-13-7-9-21-17(20)11-13/h3-11H,1-2H3,(H,21,23,24). The normalized spacial score (nSPS) is 10.3. The van der Waals surface area contributed by atoms with E-state index in [1.54, 1.807) is 56.8 Å². The molecule has 0 aliphatic rings. The number of nitrogens with one attached hydrogen (secondary N) is 1. The molecular formula is C19H16ClN3O3. The summed E-state index contributed by atoms with van der Waals surface area (Å²) in [5.41, 5.74) is 2.37. The Kier molecular flexibility index (Phi) is 5.34. The van der Waals surface area contributed by atoms with Crippen molar-refractivity contribution in [1.29, 1.82) is 0 Å². The van der Waals surface area contributed by atoms with Gasteiger partial charge in [0.15, 0.2) is 0 Å². The quantitative estimate of drug-likeness (QED) is 0.686. The zero-order chi connectivity index (χ0) is 18.5. The average molecular weight is 370 g/mol. The molecule has 2 heterocycles. The Morgan fingerprint density at radius 1 is 1.00 bits per heavy atom. The van der Waals surface area contributed by atoms with Gasteiger partial charge in [-0.15, -0.1) is 0 Å². The van der Waals surface area contributed by atoms with Crippen molar-refractivity contribution in [3.8, 4) is 22.8 Å². The highest BCUT2D eigenvalue weighted by molar-refractivity contribution is 6.29. The third-order valence-corrected chi connectivity index (χ3v) is 3.90. The van der Waals surface area contributed by atoms with Crippen LogP contribution < -0.4 is 14.8 Å². The fourth-order valence-electron chi connectivity index (χ4n) is 2.47.